The lowest BCUT2D eigenvalue weighted by molar-refractivity contribution is -0.165. The van der Waals surface area contributed by atoms with E-state index < -0.39 is 59.3 Å². The summed E-state index contributed by atoms with van der Waals surface area (Å²) in [6.07, 6.45) is -2.59. The van der Waals surface area contributed by atoms with Crippen molar-refractivity contribution in [2.24, 2.45) is 0 Å². The Morgan fingerprint density at radius 1 is 1.08 bits per heavy atom. The van der Waals surface area contributed by atoms with Gasteiger partial charge in [-0.05, 0) is 24.3 Å². The summed E-state index contributed by atoms with van der Waals surface area (Å²) in [6.45, 7) is 1.49. The van der Waals surface area contributed by atoms with Crippen molar-refractivity contribution in [1.29, 1.82) is 0 Å². The van der Waals surface area contributed by atoms with Crippen LogP contribution in [-0.4, -0.2) is 75.8 Å². The van der Waals surface area contributed by atoms with Crippen molar-refractivity contribution in [2.75, 3.05) is 12.3 Å². The molecule has 1 amide bonds. The average molecular weight is 551 g/mol. The van der Waals surface area contributed by atoms with Crippen LogP contribution >= 0.6 is 0 Å². The molecule has 16 nitrogen and oxygen atoms in total. The Labute approximate surface area is 214 Å². The fourth-order valence-corrected chi connectivity index (χ4v) is 4.46. The highest BCUT2D eigenvalue weighted by Gasteiger charge is 2.51. The van der Waals surface area contributed by atoms with Gasteiger partial charge in [0, 0.05) is 19.4 Å². The number of fused-ring (bicyclic) bond motifs is 1. The summed E-state index contributed by atoms with van der Waals surface area (Å²) in [4.78, 5) is 48.1. The Morgan fingerprint density at radius 2 is 1.74 bits per heavy atom. The molecule has 1 aliphatic rings. The Kier molecular flexibility index (Phi) is 7.42. The first kappa shape index (κ1) is 26.7. The van der Waals surface area contributed by atoms with Gasteiger partial charge in [-0.2, -0.15) is 8.42 Å². The molecule has 1 fully saturated rings. The highest BCUT2D eigenvalue weighted by molar-refractivity contribution is 7.85. The van der Waals surface area contributed by atoms with Gasteiger partial charge in [-0.3, -0.25) is 23.1 Å². The summed E-state index contributed by atoms with van der Waals surface area (Å²) in [5, 5.41) is 9.33. The number of hydrogen-bond acceptors (Lipinski definition) is 14. The summed E-state index contributed by atoms with van der Waals surface area (Å²) >= 11 is 0. The van der Waals surface area contributed by atoms with Gasteiger partial charge in [0.15, 0.2) is 29.9 Å². The molecule has 2 aromatic heterocycles. The van der Waals surface area contributed by atoms with Crippen LogP contribution in [0.3, 0.4) is 0 Å². The molecule has 4 atom stereocenters. The van der Waals surface area contributed by atoms with E-state index >= 15 is 0 Å². The van der Waals surface area contributed by atoms with E-state index in [9.17, 15) is 27.9 Å². The number of nitrogens with one attached hydrogen (secondary N) is 1. The second kappa shape index (κ2) is 10.6. The number of phenols is 1. The van der Waals surface area contributed by atoms with Crippen molar-refractivity contribution < 1.29 is 46.3 Å². The number of benzene rings is 1. The molecule has 202 valence electrons. The van der Waals surface area contributed by atoms with Crippen LogP contribution in [0.2, 0.25) is 0 Å². The molecule has 0 unspecified atom stereocenters. The standard InChI is InChI=1S/C21H22N6O10S/c1-10(28)35-16-14(7-34-38(32,33)26-20(31)12-3-5-13(30)6-4-12)37-21(17(16)36-11(2)29)27-9-25-15-18(22)23-8-24-19(15)27/h3-6,8-9,14,16-17,21,30H,7H2,1-2H3,(H,26,31)(H2,22,23,24)/t14-,16-,17-,21-/m1/s1. The minimum Gasteiger partial charge on any atom is -0.508 e. The second-order valence-electron chi connectivity index (χ2n) is 8.01. The Balaban J connectivity index is 1.58. The van der Waals surface area contributed by atoms with Gasteiger partial charge in [-0.1, -0.05) is 0 Å². The number of aromatic hydroxyl groups is 1. The molecule has 4 N–H and O–H groups in total. The number of nitrogen functional groups attached to an aromatic ring is 1. The smallest absolute Gasteiger partial charge is 0.362 e. The van der Waals surface area contributed by atoms with Crippen molar-refractivity contribution in [3.8, 4) is 5.75 Å². The average Bonchev–Trinajstić information content (AvgIpc) is 3.40. The number of rotatable bonds is 8. The number of anilines is 1. The fraction of sp³-hybridized carbons (Fsp3) is 0.333. The van der Waals surface area contributed by atoms with Gasteiger partial charge in [-0.25, -0.2) is 19.7 Å². The third kappa shape index (κ3) is 5.79. The van der Waals surface area contributed by atoms with Crippen molar-refractivity contribution in [3.63, 3.8) is 0 Å². The molecule has 1 aliphatic heterocycles. The molecule has 0 bridgehead atoms. The Morgan fingerprint density at radius 3 is 2.39 bits per heavy atom. The maximum Gasteiger partial charge on any atom is 0.362 e. The van der Waals surface area contributed by atoms with Gasteiger partial charge in [0.05, 0.1) is 12.9 Å². The molecule has 1 saturated heterocycles. The van der Waals surface area contributed by atoms with E-state index in [0.29, 0.717) is 0 Å². The molecule has 0 aliphatic carbocycles. The molecule has 4 rings (SSSR count). The number of amides is 1. The summed E-state index contributed by atoms with van der Waals surface area (Å²) in [6, 6.07) is 4.81. The molecule has 0 saturated carbocycles. The summed E-state index contributed by atoms with van der Waals surface area (Å²) < 4.78 is 49.5. The molecule has 0 spiro atoms. The molecule has 3 heterocycles. The summed E-state index contributed by atoms with van der Waals surface area (Å²) in [5.41, 5.74) is 6.20. The van der Waals surface area contributed by atoms with E-state index in [-0.39, 0.29) is 28.3 Å². The van der Waals surface area contributed by atoms with Crippen LogP contribution in [0.4, 0.5) is 5.82 Å². The zero-order valence-corrected chi connectivity index (χ0v) is 20.7. The number of hydrogen-bond donors (Lipinski definition) is 3. The molecule has 1 aromatic carbocycles. The van der Waals surface area contributed by atoms with Gasteiger partial charge < -0.3 is 25.1 Å². The number of carbonyl (C=O) groups excluding carboxylic acids is 3. The molecule has 38 heavy (non-hydrogen) atoms. The molecular formula is C21H22N6O10S. The first-order valence-electron chi connectivity index (χ1n) is 10.9. The number of ether oxygens (including phenoxy) is 3. The van der Waals surface area contributed by atoms with E-state index in [2.05, 4.69) is 15.0 Å². The highest BCUT2D eigenvalue weighted by atomic mass is 32.2. The maximum absolute atomic E-state index is 12.5. The molecular weight excluding hydrogens is 528 g/mol. The van der Waals surface area contributed by atoms with Crippen molar-refractivity contribution in [2.45, 2.75) is 38.4 Å². The maximum atomic E-state index is 12.5. The normalized spacial score (nSPS) is 21.2. The number of phenolic OH excluding ortho intramolecular Hbond substituents is 1. The molecule has 17 heteroatoms. The number of imidazole rings is 1. The van der Waals surface area contributed by atoms with Crippen LogP contribution in [0.1, 0.15) is 30.4 Å². The van der Waals surface area contributed by atoms with Gasteiger partial charge in [0.25, 0.3) is 5.91 Å². The van der Waals surface area contributed by atoms with Gasteiger partial charge in [-0.15, -0.1) is 0 Å². The Bertz CT molecular complexity index is 1480. The zero-order valence-electron chi connectivity index (χ0n) is 19.9. The van der Waals surface area contributed by atoms with E-state index in [1.807, 2.05) is 0 Å². The quantitative estimate of drug-likeness (QED) is 0.303. The lowest BCUT2D eigenvalue weighted by atomic mass is 10.1. The number of esters is 2. The third-order valence-electron chi connectivity index (χ3n) is 5.29. The van der Waals surface area contributed by atoms with E-state index in [1.54, 1.807) is 4.72 Å². The van der Waals surface area contributed by atoms with Crippen LogP contribution in [0.5, 0.6) is 5.75 Å². The lowest BCUT2D eigenvalue weighted by Gasteiger charge is -2.23. The monoisotopic (exact) mass is 550 g/mol. The third-order valence-corrected chi connectivity index (χ3v) is 6.17. The second-order valence-corrected chi connectivity index (χ2v) is 9.36. The predicted molar refractivity (Wildman–Crippen MR) is 125 cm³/mol. The number of nitrogens with two attached hydrogens (primary N) is 1. The summed E-state index contributed by atoms with van der Waals surface area (Å²) in [7, 11) is -4.68. The van der Waals surface area contributed by atoms with Crippen LogP contribution < -0.4 is 10.5 Å². The lowest BCUT2D eigenvalue weighted by Crippen LogP contribution is -2.41. The topological polar surface area (TPSA) is 224 Å². The van der Waals surface area contributed by atoms with E-state index in [0.717, 1.165) is 13.8 Å². The largest absolute Gasteiger partial charge is 0.508 e. The molecule has 3 aromatic rings. The van der Waals surface area contributed by atoms with Crippen molar-refractivity contribution in [1.82, 2.24) is 24.2 Å². The van der Waals surface area contributed by atoms with E-state index in [4.69, 9.17) is 24.1 Å². The number of nitrogens with zero attached hydrogens (tertiary/aromatic N) is 4. The minimum absolute atomic E-state index is 0.0619. The first-order valence-corrected chi connectivity index (χ1v) is 12.3. The number of carbonyl (C=O) groups is 3. The zero-order chi connectivity index (χ0) is 27.6. The first-order chi connectivity index (χ1) is 17.9. The van der Waals surface area contributed by atoms with Crippen LogP contribution in [0.25, 0.3) is 11.2 Å². The predicted octanol–water partition coefficient (Wildman–Crippen LogP) is -0.434. The Hall–Kier alpha value is -4.35. The molecule has 0 radical (unpaired) electrons. The van der Waals surface area contributed by atoms with Gasteiger partial charge in [0.1, 0.15) is 23.7 Å². The summed E-state index contributed by atoms with van der Waals surface area (Å²) in [5.74, 6) is -2.58. The SMILES string of the molecule is CC(=O)O[C@@H]1[C@H](OC(C)=O)[C@@H](COS(=O)(=O)NC(=O)c2ccc(O)cc2)O[C@H]1n1cnc2c(N)ncnc21. The van der Waals surface area contributed by atoms with Gasteiger partial charge in [0.2, 0.25) is 0 Å². The van der Waals surface area contributed by atoms with E-state index in [1.165, 1.54) is 41.5 Å². The van der Waals surface area contributed by atoms with Crippen molar-refractivity contribution >= 4 is 45.1 Å². The number of aromatic nitrogens is 4. The minimum atomic E-state index is -4.68. The fourth-order valence-electron chi connectivity index (χ4n) is 3.74. The van der Waals surface area contributed by atoms with Gasteiger partial charge >= 0.3 is 22.2 Å². The van der Waals surface area contributed by atoms with Crippen LogP contribution in [-0.2, 0) is 38.3 Å². The van der Waals surface area contributed by atoms with Crippen LogP contribution in [0, 0.1) is 0 Å². The van der Waals surface area contributed by atoms with Crippen LogP contribution in [0.15, 0.2) is 36.9 Å². The highest BCUT2D eigenvalue weighted by Crippen LogP contribution is 2.36. The van der Waals surface area contributed by atoms with Crippen molar-refractivity contribution in [3.05, 3.63) is 42.5 Å².